The largest absolute Gasteiger partial charge is 0.456 e. The third-order valence-electron chi connectivity index (χ3n) is 6.27. The Kier molecular flexibility index (Phi) is 6.12. The van der Waals surface area contributed by atoms with E-state index in [1.54, 1.807) is 0 Å². The summed E-state index contributed by atoms with van der Waals surface area (Å²) < 4.78 is 5.05. The Bertz CT molecular complexity index is 1060. The molecule has 2 N–H and O–H groups in total. The van der Waals surface area contributed by atoms with Crippen LogP contribution in [0, 0.1) is 0 Å². The minimum absolute atomic E-state index is 0.0563. The zero-order chi connectivity index (χ0) is 22.7. The van der Waals surface area contributed by atoms with Gasteiger partial charge in [0, 0.05) is 6.54 Å². The highest BCUT2D eigenvalue weighted by molar-refractivity contribution is 6.07. The maximum absolute atomic E-state index is 12.6. The lowest BCUT2D eigenvalue weighted by Gasteiger charge is -2.19. The molecule has 0 unspecified atom stereocenters. The van der Waals surface area contributed by atoms with Crippen LogP contribution in [-0.4, -0.2) is 47.4 Å². The summed E-state index contributed by atoms with van der Waals surface area (Å²) in [5, 5.41) is 7.75. The van der Waals surface area contributed by atoms with Crippen molar-refractivity contribution < 1.29 is 23.9 Å². The molecule has 1 aliphatic heterocycles. The number of esters is 1. The second-order valence-corrected chi connectivity index (χ2v) is 8.44. The summed E-state index contributed by atoms with van der Waals surface area (Å²) in [6.07, 6.45) is 2.91. The van der Waals surface area contributed by atoms with Gasteiger partial charge in [-0.05, 0) is 36.1 Å². The monoisotopic (exact) mass is 437 g/mol. The summed E-state index contributed by atoms with van der Waals surface area (Å²) in [7, 11) is 0. The molecule has 1 spiro atoms. The number of carbonyl (C=O) groups excluding carboxylic acids is 4. The number of carbonyl (C=O) groups is 4. The molecule has 32 heavy (non-hydrogen) atoms. The topological polar surface area (TPSA) is 105 Å². The van der Waals surface area contributed by atoms with E-state index >= 15 is 0 Å². The number of nitrogens with zero attached hydrogens (tertiary/aromatic N) is 1. The van der Waals surface area contributed by atoms with Crippen LogP contribution in [0.25, 0.3) is 10.8 Å². The van der Waals surface area contributed by atoms with Gasteiger partial charge in [-0.15, -0.1) is 0 Å². The number of hydrogen-bond donors (Lipinski definition) is 2. The van der Waals surface area contributed by atoms with Gasteiger partial charge in [0.25, 0.3) is 11.8 Å². The minimum Gasteiger partial charge on any atom is -0.456 e. The third-order valence-corrected chi connectivity index (χ3v) is 6.27. The summed E-state index contributed by atoms with van der Waals surface area (Å²) in [5.74, 6) is -1.32. The molecule has 0 aromatic heterocycles. The fraction of sp³-hybridized carbons (Fsp3) is 0.417. The van der Waals surface area contributed by atoms with Crippen LogP contribution in [0.15, 0.2) is 42.5 Å². The second-order valence-electron chi connectivity index (χ2n) is 8.44. The SMILES string of the molecule is C[C@@H](NC(=O)COC(=O)CCN1C(=O)NC2(CCCC2)C1=O)c1cccc2ccccc12. The minimum atomic E-state index is -0.793. The molecule has 0 radical (unpaired) electrons. The van der Waals surface area contributed by atoms with Crippen molar-refractivity contribution in [2.24, 2.45) is 0 Å². The number of ether oxygens (including phenoxy) is 1. The Morgan fingerprint density at radius 3 is 2.62 bits per heavy atom. The number of amides is 4. The summed E-state index contributed by atoms with van der Waals surface area (Å²) in [6.45, 7) is 1.40. The third kappa shape index (κ3) is 4.30. The predicted octanol–water partition coefficient (Wildman–Crippen LogP) is 2.81. The number of benzene rings is 2. The van der Waals surface area contributed by atoms with E-state index in [0.29, 0.717) is 12.8 Å². The number of nitrogens with one attached hydrogen (secondary N) is 2. The van der Waals surface area contributed by atoms with E-state index in [1.807, 2.05) is 49.4 Å². The number of imide groups is 1. The lowest BCUT2D eigenvalue weighted by atomic mass is 9.98. The molecule has 1 saturated carbocycles. The van der Waals surface area contributed by atoms with E-state index in [4.69, 9.17) is 4.74 Å². The highest BCUT2D eigenvalue weighted by Crippen LogP contribution is 2.35. The molecule has 4 rings (SSSR count). The molecule has 1 aliphatic carbocycles. The fourth-order valence-corrected chi connectivity index (χ4v) is 4.61. The summed E-state index contributed by atoms with van der Waals surface area (Å²) >= 11 is 0. The van der Waals surface area contributed by atoms with Crippen LogP contribution >= 0.6 is 0 Å². The Balaban J connectivity index is 1.25. The smallest absolute Gasteiger partial charge is 0.325 e. The fourth-order valence-electron chi connectivity index (χ4n) is 4.61. The zero-order valence-electron chi connectivity index (χ0n) is 18.1. The summed E-state index contributed by atoms with van der Waals surface area (Å²) in [5.41, 5.74) is 0.181. The number of rotatable bonds is 7. The average molecular weight is 437 g/mol. The van der Waals surface area contributed by atoms with Crippen molar-refractivity contribution in [3.63, 3.8) is 0 Å². The van der Waals surface area contributed by atoms with E-state index in [0.717, 1.165) is 34.1 Å². The molecule has 1 atom stereocenters. The molecular formula is C24H27N3O5. The molecule has 2 aromatic rings. The molecule has 168 valence electrons. The van der Waals surface area contributed by atoms with Gasteiger partial charge in [0.15, 0.2) is 6.61 Å². The molecule has 2 aromatic carbocycles. The van der Waals surface area contributed by atoms with Gasteiger partial charge in [-0.25, -0.2) is 4.79 Å². The van der Waals surface area contributed by atoms with E-state index < -0.39 is 30.1 Å². The van der Waals surface area contributed by atoms with Crippen molar-refractivity contribution in [3.05, 3.63) is 48.0 Å². The molecular weight excluding hydrogens is 410 g/mol. The molecule has 1 saturated heterocycles. The van der Waals surface area contributed by atoms with Gasteiger partial charge in [-0.3, -0.25) is 19.3 Å². The lowest BCUT2D eigenvalue weighted by Crippen LogP contribution is -2.44. The van der Waals surface area contributed by atoms with Gasteiger partial charge in [0.05, 0.1) is 12.5 Å². The molecule has 1 heterocycles. The van der Waals surface area contributed by atoms with Crippen molar-refractivity contribution in [1.29, 1.82) is 0 Å². The highest BCUT2D eigenvalue weighted by atomic mass is 16.5. The lowest BCUT2D eigenvalue weighted by molar-refractivity contribution is -0.149. The Morgan fingerprint density at radius 1 is 1.12 bits per heavy atom. The summed E-state index contributed by atoms with van der Waals surface area (Å²) in [6, 6.07) is 13.1. The Labute approximate surface area is 186 Å². The quantitative estimate of drug-likeness (QED) is 0.512. The maximum atomic E-state index is 12.6. The maximum Gasteiger partial charge on any atom is 0.325 e. The number of fused-ring (bicyclic) bond motifs is 1. The van der Waals surface area contributed by atoms with E-state index in [2.05, 4.69) is 10.6 Å². The molecule has 2 aliphatic rings. The van der Waals surface area contributed by atoms with Crippen LogP contribution in [0.5, 0.6) is 0 Å². The van der Waals surface area contributed by atoms with E-state index in [1.165, 1.54) is 0 Å². The van der Waals surface area contributed by atoms with Crippen LogP contribution in [0.1, 0.15) is 50.6 Å². The van der Waals surface area contributed by atoms with Gasteiger partial charge >= 0.3 is 12.0 Å². The first-order chi connectivity index (χ1) is 15.4. The first kappa shape index (κ1) is 21.8. The second kappa shape index (κ2) is 8.98. The van der Waals surface area contributed by atoms with Crippen molar-refractivity contribution in [3.8, 4) is 0 Å². The normalized spacial score (nSPS) is 18.1. The standard InChI is InChI=1S/C24H27N3O5/c1-16(18-10-6-8-17-7-2-3-9-19(17)18)25-20(28)15-32-21(29)11-14-27-22(30)24(26-23(27)31)12-4-5-13-24/h2-3,6-10,16H,4-5,11-15H2,1H3,(H,25,28)(H,26,31)/t16-/m1/s1. The van der Waals surface area contributed by atoms with E-state index in [9.17, 15) is 19.2 Å². The average Bonchev–Trinajstić information content (AvgIpc) is 3.35. The molecule has 8 heteroatoms. The van der Waals surface area contributed by atoms with Gasteiger partial charge < -0.3 is 15.4 Å². The predicted molar refractivity (Wildman–Crippen MR) is 118 cm³/mol. The van der Waals surface area contributed by atoms with Gasteiger partial charge in [0.2, 0.25) is 0 Å². The zero-order valence-corrected chi connectivity index (χ0v) is 18.1. The van der Waals surface area contributed by atoms with Crippen LogP contribution in [-0.2, 0) is 19.1 Å². The molecule has 2 fully saturated rings. The highest BCUT2D eigenvalue weighted by Gasteiger charge is 2.52. The van der Waals surface area contributed by atoms with Crippen molar-refractivity contribution >= 4 is 34.6 Å². The van der Waals surface area contributed by atoms with Gasteiger partial charge in [-0.1, -0.05) is 55.3 Å². The van der Waals surface area contributed by atoms with Crippen molar-refractivity contribution in [1.82, 2.24) is 15.5 Å². The Morgan fingerprint density at radius 2 is 1.84 bits per heavy atom. The number of hydrogen-bond acceptors (Lipinski definition) is 5. The van der Waals surface area contributed by atoms with Crippen LogP contribution in [0.4, 0.5) is 4.79 Å². The molecule has 0 bridgehead atoms. The van der Waals surface area contributed by atoms with Gasteiger partial charge in [-0.2, -0.15) is 0 Å². The van der Waals surface area contributed by atoms with E-state index in [-0.39, 0.29) is 24.9 Å². The molecule has 4 amide bonds. The van der Waals surface area contributed by atoms with Crippen LogP contribution in [0.2, 0.25) is 0 Å². The van der Waals surface area contributed by atoms with Crippen LogP contribution < -0.4 is 10.6 Å². The molecule has 8 nitrogen and oxygen atoms in total. The van der Waals surface area contributed by atoms with Crippen molar-refractivity contribution in [2.75, 3.05) is 13.2 Å². The summed E-state index contributed by atoms with van der Waals surface area (Å²) in [4.78, 5) is 50.2. The van der Waals surface area contributed by atoms with Crippen molar-refractivity contribution in [2.45, 2.75) is 50.6 Å². The van der Waals surface area contributed by atoms with Gasteiger partial charge in [0.1, 0.15) is 5.54 Å². The Hall–Kier alpha value is -3.42. The first-order valence-electron chi connectivity index (χ1n) is 11.0. The van der Waals surface area contributed by atoms with Crippen LogP contribution in [0.3, 0.4) is 0 Å². The number of urea groups is 1. The first-order valence-corrected chi connectivity index (χ1v) is 11.0.